The largest absolute Gasteiger partial charge is 0.490 e. The Morgan fingerprint density at radius 3 is 2.54 bits per heavy atom. The van der Waals surface area contributed by atoms with Crippen LogP contribution >= 0.6 is 11.8 Å². The summed E-state index contributed by atoms with van der Waals surface area (Å²) in [6.45, 7) is 7.93. The lowest BCUT2D eigenvalue weighted by Crippen LogP contribution is -2.28. The molecule has 2 aromatic rings. The molecule has 1 saturated heterocycles. The average molecular weight is 365 g/mol. The van der Waals surface area contributed by atoms with Crippen molar-refractivity contribution < 1.29 is 14.3 Å². The van der Waals surface area contributed by atoms with E-state index in [9.17, 15) is 9.59 Å². The first kappa shape index (κ1) is 18.0. The smallest absolute Gasteiger partial charge is 0.298 e. The van der Waals surface area contributed by atoms with Gasteiger partial charge in [0.15, 0.2) is 0 Å². The molecule has 1 aliphatic heterocycles. The van der Waals surface area contributed by atoms with Crippen LogP contribution < -0.4 is 9.64 Å². The fourth-order valence-corrected chi connectivity index (χ4v) is 3.45. The van der Waals surface area contributed by atoms with E-state index in [0.29, 0.717) is 17.2 Å². The zero-order chi connectivity index (χ0) is 18.7. The highest BCUT2D eigenvalue weighted by molar-refractivity contribution is 8.19. The van der Waals surface area contributed by atoms with E-state index >= 15 is 0 Å². The van der Waals surface area contributed by atoms with Crippen LogP contribution in [0.15, 0.2) is 60.0 Å². The Hall–Kier alpha value is -2.79. The number of thioether (sulfide) groups is 1. The van der Waals surface area contributed by atoms with Crippen LogP contribution in [0.25, 0.3) is 6.08 Å². The van der Waals surface area contributed by atoms with E-state index in [2.05, 4.69) is 6.58 Å². The molecule has 4 nitrogen and oxygen atoms in total. The van der Waals surface area contributed by atoms with Crippen molar-refractivity contribution in [3.63, 3.8) is 0 Å². The summed E-state index contributed by atoms with van der Waals surface area (Å²) < 4.78 is 5.44. The summed E-state index contributed by atoms with van der Waals surface area (Å²) in [7, 11) is 0. The Labute approximate surface area is 157 Å². The van der Waals surface area contributed by atoms with Gasteiger partial charge in [-0.1, -0.05) is 36.9 Å². The molecule has 0 saturated carbocycles. The monoisotopic (exact) mass is 365 g/mol. The standard InChI is InChI=1S/C21H19NO3S/c1-4-12-25-17-10-8-16(9-11-17)13-19-20(23)22(21(24)26-19)18-7-5-6-14(2)15(18)3/h4-11,13H,1,12H2,2-3H3/b19-13-. The van der Waals surface area contributed by atoms with Crippen LogP contribution in [0.4, 0.5) is 10.5 Å². The molecule has 0 N–H and O–H groups in total. The van der Waals surface area contributed by atoms with Gasteiger partial charge in [0, 0.05) is 0 Å². The number of aryl methyl sites for hydroxylation is 1. The molecule has 0 aliphatic carbocycles. The van der Waals surface area contributed by atoms with Gasteiger partial charge in [0.2, 0.25) is 0 Å². The second-order valence-corrected chi connectivity index (χ2v) is 6.90. The van der Waals surface area contributed by atoms with Crippen molar-refractivity contribution in [2.24, 2.45) is 0 Å². The molecule has 2 aromatic carbocycles. The van der Waals surface area contributed by atoms with E-state index in [-0.39, 0.29) is 11.1 Å². The Morgan fingerprint density at radius 2 is 1.85 bits per heavy atom. The van der Waals surface area contributed by atoms with Crippen molar-refractivity contribution in [3.8, 4) is 5.75 Å². The summed E-state index contributed by atoms with van der Waals surface area (Å²) in [6.07, 6.45) is 3.41. The van der Waals surface area contributed by atoms with E-state index in [1.54, 1.807) is 18.2 Å². The summed E-state index contributed by atoms with van der Waals surface area (Å²) in [6, 6.07) is 13.0. The fourth-order valence-electron chi connectivity index (χ4n) is 2.62. The van der Waals surface area contributed by atoms with Crippen LogP contribution in [0.2, 0.25) is 0 Å². The average Bonchev–Trinajstić information content (AvgIpc) is 2.90. The molecule has 5 heteroatoms. The number of carbonyl (C=O) groups is 2. The summed E-state index contributed by atoms with van der Waals surface area (Å²) in [5, 5.41) is -0.277. The highest BCUT2D eigenvalue weighted by atomic mass is 32.2. The van der Waals surface area contributed by atoms with Gasteiger partial charge in [-0.25, -0.2) is 4.90 Å². The number of ether oxygens (including phenoxy) is 1. The predicted octanol–water partition coefficient (Wildman–Crippen LogP) is 5.11. The molecular weight excluding hydrogens is 346 g/mol. The van der Waals surface area contributed by atoms with Gasteiger partial charge in [-0.2, -0.15) is 0 Å². The molecule has 0 atom stereocenters. The van der Waals surface area contributed by atoms with Gasteiger partial charge in [-0.3, -0.25) is 9.59 Å². The summed E-state index contributed by atoms with van der Waals surface area (Å²) in [4.78, 5) is 26.9. The number of nitrogens with zero attached hydrogens (tertiary/aromatic N) is 1. The van der Waals surface area contributed by atoms with Crippen LogP contribution in [0, 0.1) is 13.8 Å². The van der Waals surface area contributed by atoms with Crippen LogP contribution in [0.3, 0.4) is 0 Å². The molecular formula is C21H19NO3S. The Kier molecular flexibility index (Phi) is 5.28. The molecule has 0 unspecified atom stereocenters. The minimum Gasteiger partial charge on any atom is -0.490 e. The summed E-state index contributed by atoms with van der Waals surface area (Å²) >= 11 is 0.958. The predicted molar refractivity (Wildman–Crippen MR) is 107 cm³/mol. The fraction of sp³-hybridized carbons (Fsp3) is 0.143. The lowest BCUT2D eigenvalue weighted by atomic mass is 10.1. The molecule has 3 rings (SSSR count). The Morgan fingerprint density at radius 1 is 1.12 bits per heavy atom. The molecule has 0 aromatic heterocycles. The van der Waals surface area contributed by atoms with Crippen molar-refractivity contribution >= 4 is 34.7 Å². The van der Waals surface area contributed by atoms with Crippen molar-refractivity contribution in [3.05, 3.63) is 76.7 Å². The minimum absolute atomic E-state index is 0.277. The lowest BCUT2D eigenvalue weighted by Gasteiger charge is -2.16. The topological polar surface area (TPSA) is 46.6 Å². The quantitative estimate of drug-likeness (QED) is 0.546. The van der Waals surface area contributed by atoms with E-state index in [0.717, 1.165) is 34.2 Å². The van der Waals surface area contributed by atoms with E-state index < -0.39 is 0 Å². The van der Waals surface area contributed by atoms with Gasteiger partial charge in [-0.05, 0) is 66.6 Å². The van der Waals surface area contributed by atoms with Gasteiger partial charge < -0.3 is 4.74 Å². The zero-order valence-corrected chi connectivity index (χ0v) is 15.5. The molecule has 132 valence electrons. The normalized spacial score (nSPS) is 15.6. The number of benzene rings is 2. The van der Waals surface area contributed by atoms with Gasteiger partial charge in [0.05, 0.1) is 10.6 Å². The number of amides is 2. The number of anilines is 1. The molecule has 2 amide bonds. The van der Waals surface area contributed by atoms with Crippen LogP contribution in [-0.4, -0.2) is 17.8 Å². The first-order valence-electron chi connectivity index (χ1n) is 8.19. The zero-order valence-electron chi connectivity index (χ0n) is 14.7. The van der Waals surface area contributed by atoms with Gasteiger partial charge in [0.1, 0.15) is 12.4 Å². The van der Waals surface area contributed by atoms with Crippen LogP contribution in [-0.2, 0) is 4.79 Å². The third-order valence-electron chi connectivity index (χ3n) is 4.16. The second-order valence-electron chi connectivity index (χ2n) is 5.90. The third kappa shape index (κ3) is 3.58. The highest BCUT2D eigenvalue weighted by Crippen LogP contribution is 2.37. The van der Waals surface area contributed by atoms with Gasteiger partial charge in [0.25, 0.3) is 11.1 Å². The Balaban J connectivity index is 1.85. The Bertz CT molecular complexity index is 900. The van der Waals surface area contributed by atoms with Crippen LogP contribution in [0.5, 0.6) is 5.75 Å². The van der Waals surface area contributed by atoms with Crippen molar-refractivity contribution in [1.82, 2.24) is 0 Å². The van der Waals surface area contributed by atoms with E-state index in [1.165, 1.54) is 4.90 Å². The summed E-state index contributed by atoms with van der Waals surface area (Å²) in [5.74, 6) is 0.436. The molecule has 1 aliphatic rings. The van der Waals surface area contributed by atoms with Crippen molar-refractivity contribution in [2.45, 2.75) is 13.8 Å². The molecule has 1 heterocycles. The number of carbonyl (C=O) groups excluding carboxylic acids is 2. The molecule has 0 radical (unpaired) electrons. The van der Waals surface area contributed by atoms with Crippen LogP contribution in [0.1, 0.15) is 16.7 Å². The number of hydrogen-bond donors (Lipinski definition) is 0. The SMILES string of the molecule is C=CCOc1ccc(/C=C2\SC(=O)N(c3cccc(C)c3C)C2=O)cc1. The minimum atomic E-state index is -0.291. The number of rotatable bonds is 5. The first-order chi connectivity index (χ1) is 12.5. The maximum atomic E-state index is 12.8. The highest BCUT2D eigenvalue weighted by Gasteiger charge is 2.37. The maximum absolute atomic E-state index is 12.8. The molecule has 0 spiro atoms. The molecule has 0 bridgehead atoms. The van der Waals surface area contributed by atoms with Gasteiger partial charge >= 0.3 is 0 Å². The summed E-state index contributed by atoms with van der Waals surface area (Å²) in [5.41, 5.74) is 3.45. The van der Waals surface area contributed by atoms with Gasteiger partial charge in [-0.15, -0.1) is 0 Å². The third-order valence-corrected chi connectivity index (χ3v) is 5.03. The molecule has 1 fully saturated rings. The van der Waals surface area contributed by atoms with E-state index in [4.69, 9.17) is 4.74 Å². The maximum Gasteiger partial charge on any atom is 0.298 e. The first-order valence-corrected chi connectivity index (χ1v) is 9.01. The molecule has 26 heavy (non-hydrogen) atoms. The second kappa shape index (κ2) is 7.62. The number of imide groups is 1. The number of hydrogen-bond acceptors (Lipinski definition) is 4. The van der Waals surface area contributed by atoms with Crippen molar-refractivity contribution in [1.29, 1.82) is 0 Å². The van der Waals surface area contributed by atoms with Crippen molar-refractivity contribution in [2.75, 3.05) is 11.5 Å². The van der Waals surface area contributed by atoms with E-state index in [1.807, 2.05) is 50.2 Å². The lowest BCUT2D eigenvalue weighted by molar-refractivity contribution is -0.113.